The maximum Gasteiger partial charge on any atom is 0.259 e. The van der Waals surface area contributed by atoms with Crippen LogP contribution in [0.5, 0.6) is 0 Å². The second-order valence-corrected chi connectivity index (χ2v) is 8.38. The average molecular weight is 549 g/mol. The zero-order valence-electron chi connectivity index (χ0n) is 16.6. The zero-order chi connectivity index (χ0) is 21.4. The Bertz CT molecular complexity index is 1190. The Kier molecular flexibility index (Phi) is 5.55. The summed E-state index contributed by atoms with van der Waals surface area (Å²) in [5.74, 6) is 1.03. The van der Waals surface area contributed by atoms with E-state index in [1.54, 1.807) is 12.3 Å². The molecule has 31 heavy (non-hydrogen) atoms. The summed E-state index contributed by atoms with van der Waals surface area (Å²) in [6.45, 7) is 3.84. The monoisotopic (exact) mass is 548 g/mol. The topological polar surface area (TPSA) is 75.2 Å². The largest absolute Gasteiger partial charge is 0.374 e. The van der Waals surface area contributed by atoms with Crippen molar-refractivity contribution >= 4 is 34.6 Å². The van der Waals surface area contributed by atoms with E-state index >= 15 is 0 Å². The highest BCUT2D eigenvalue weighted by molar-refractivity contribution is 14.1. The minimum Gasteiger partial charge on any atom is -0.374 e. The van der Waals surface area contributed by atoms with Gasteiger partial charge in [0.2, 0.25) is 5.82 Å². The van der Waals surface area contributed by atoms with Crippen LogP contribution >= 0.6 is 34.6 Å². The first kappa shape index (κ1) is 20.6. The number of halogens is 2. The molecule has 7 nitrogen and oxygen atoms in total. The number of benzene rings is 1. The Balaban J connectivity index is 1.35. The molecule has 1 aliphatic rings. The lowest BCUT2D eigenvalue weighted by Gasteiger charge is -2.39. The summed E-state index contributed by atoms with van der Waals surface area (Å²) in [6.07, 6.45) is 3.78. The maximum atomic E-state index is 5.87. The lowest BCUT2D eigenvalue weighted by Crippen LogP contribution is -2.47. The van der Waals surface area contributed by atoms with E-state index < -0.39 is 0 Å². The van der Waals surface area contributed by atoms with Gasteiger partial charge in [0, 0.05) is 30.2 Å². The van der Waals surface area contributed by atoms with E-state index in [-0.39, 0.29) is 5.60 Å². The van der Waals surface area contributed by atoms with Crippen LogP contribution in [0.4, 0.5) is 0 Å². The first-order chi connectivity index (χ1) is 15.1. The highest BCUT2D eigenvalue weighted by Gasteiger charge is 2.41. The van der Waals surface area contributed by atoms with E-state index in [0.717, 1.165) is 27.9 Å². The molecular formula is C22H18ClIN4O3. The van der Waals surface area contributed by atoms with Gasteiger partial charge in [-0.2, -0.15) is 4.98 Å². The van der Waals surface area contributed by atoms with Gasteiger partial charge in [0.15, 0.2) is 5.60 Å². The summed E-state index contributed by atoms with van der Waals surface area (Å²) >= 11 is 7.81. The standard InChI is InChI=1S/C22H18ClIN4O3/c1-14-8-17(11-28(14)10-15-2-7-19(23)25-9-15)21-26-20(27-30-21)16-3-5-18(6-4-16)22(31-24)12-29-13-22/h2-9,11H,10,12-13H2,1H3. The van der Waals surface area contributed by atoms with Crippen LogP contribution in [0.15, 0.2) is 59.4 Å². The van der Waals surface area contributed by atoms with Crippen molar-refractivity contribution in [3.63, 3.8) is 0 Å². The molecule has 1 saturated heterocycles. The summed E-state index contributed by atoms with van der Waals surface area (Å²) in [7, 11) is 0. The molecular weight excluding hydrogens is 531 g/mol. The number of nitrogens with zero attached hydrogens (tertiary/aromatic N) is 4. The fourth-order valence-electron chi connectivity index (χ4n) is 3.52. The minimum atomic E-state index is -0.360. The SMILES string of the molecule is Cc1cc(-c2nc(-c3ccc(C4(OI)COC4)cc3)no2)cn1Cc1ccc(Cl)nc1. The van der Waals surface area contributed by atoms with Gasteiger partial charge in [-0.05, 0) is 30.2 Å². The Labute approximate surface area is 198 Å². The fraction of sp³-hybridized carbons (Fsp3) is 0.227. The van der Waals surface area contributed by atoms with Gasteiger partial charge in [0.05, 0.1) is 18.8 Å². The van der Waals surface area contributed by atoms with Crippen molar-refractivity contribution in [2.75, 3.05) is 13.2 Å². The lowest BCUT2D eigenvalue weighted by molar-refractivity contribution is -0.149. The minimum absolute atomic E-state index is 0.360. The van der Waals surface area contributed by atoms with Crippen molar-refractivity contribution < 1.29 is 12.3 Å². The van der Waals surface area contributed by atoms with Gasteiger partial charge in [0.25, 0.3) is 5.89 Å². The van der Waals surface area contributed by atoms with E-state index in [9.17, 15) is 0 Å². The van der Waals surface area contributed by atoms with E-state index in [1.165, 1.54) is 0 Å². The Morgan fingerprint density at radius 2 is 1.97 bits per heavy atom. The third-order valence-corrected chi connectivity index (χ3v) is 6.48. The normalized spacial score (nSPS) is 15.1. The summed E-state index contributed by atoms with van der Waals surface area (Å²) < 4.78 is 18.6. The predicted octanol–water partition coefficient (Wildman–Crippen LogP) is 5.20. The molecule has 1 fully saturated rings. The summed E-state index contributed by atoms with van der Waals surface area (Å²) in [5, 5.41) is 4.65. The van der Waals surface area contributed by atoms with E-state index in [4.69, 9.17) is 23.9 Å². The predicted molar refractivity (Wildman–Crippen MR) is 124 cm³/mol. The molecule has 5 rings (SSSR count). The molecule has 158 valence electrons. The fourth-order valence-corrected chi connectivity index (χ4v) is 4.14. The number of pyridine rings is 1. The van der Waals surface area contributed by atoms with Crippen molar-refractivity contribution in [2.45, 2.75) is 19.1 Å². The molecule has 0 unspecified atom stereocenters. The average Bonchev–Trinajstić information content (AvgIpc) is 3.37. The van der Waals surface area contributed by atoms with E-state index in [2.05, 4.69) is 19.7 Å². The molecule has 0 radical (unpaired) electrons. The lowest BCUT2D eigenvalue weighted by atomic mass is 9.91. The maximum absolute atomic E-state index is 5.87. The number of aromatic nitrogens is 4. The van der Waals surface area contributed by atoms with E-state index in [0.29, 0.717) is 36.6 Å². The third-order valence-electron chi connectivity index (χ3n) is 5.41. The first-order valence-corrected chi connectivity index (χ1v) is 10.9. The van der Waals surface area contributed by atoms with Crippen LogP contribution in [-0.2, 0) is 19.9 Å². The molecule has 3 aromatic heterocycles. The van der Waals surface area contributed by atoms with Gasteiger partial charge < -0.3 is 13.8 Å². The smallest absolute Gasteiger partial charge is 0.259 e. The van der Waals surface area contributed by atoms with Crippen molar-refractivity contribution in [3.05, 3.63) is 76.8 Å². The van der Waals surface area contributed by atoms with Gasteiger partial charge in [-0.15, -0.1) is 0 Å². The van der Waals surface area contributed by atoms with Gasteiger partial charge in [-0.25, -0.2) is 4.98 Å². The number of ether oxygens (including phenoxy) is 1. The molecule has 0 bridgehead atoms. The summed E-state index contributed by atoms with van der Waals surface area (Å²) in [5.41, 5.74) is 4.61. The second-order valence-electron chi connectivity index (χ2n) is 7.55. The van der Waals surface area contributed by atoms with E-state index in [1.807, 2.05) is 72.5 Å². The number of hydrogen-bond acceptors (Lipinski definition) is 6. The number of rotatable bonds is 6. The molecule has 0 spiro atoms. The molecule has 4 heterocycles. The summed E-state index contributed by atoms with van der Waals surface area (Å²) in [6, 6.07) is 13.8. The second kappa shape index (κ2) is 8.34. The molecule has 0 atom stereocenters. The van der Waals surface area contributed by atoms with Crippen molar-refractivity contribution in [1.82, 2.24) is 19.7 Å². The first-order valence-electron chi connectivity index (χ1n) is 9.66. The van der Waals surface area contributed by atoms with Crippen LogP contribution in [0.1, 0.15) is 16.8 Å². The van der Waals surface area contributed by atoms with Crippen LogP contribution in [0, 0.1) is 6.92 Å². The number of aryl methyl sites for hydroxylation is 1. The van der Waals surface area contributed by atoms with Crippen LogP contribution in [0.3, 0.4) is 0 Å². The third kappa shape index (κ3) is 4.00. The molecule has 4 aromatic rings. The van der Waals surface area contributed by atoms with Gasteiger partial charge in [-0.3, -0.25) is 3.07 Å². The van der Waals surface area contributed by atoms with Crippen molar-refractivity contribution in [3.8, 4) is 22.8 Å². The molecule has 0 aliphatic carbocycles. The molecule has 9 heteroatoms. The highest BCUT2D eigenvalue weighted by atomic mass is 127. The van der Waals surface area contributed by atoms with Gasteiger partial charge in [-0.1, -0.05) is 47.1 Å². The zero-order valence-corrected chi connectivity index (χ0v) is 19.5. The van der Waals surface area contributed by atoms with Crippen LogP contribution in [0.2, 0.25) is 5.15 Å². The summed E-state index contributed by atoms with van der Waals surface area (Å²) in [4.78, 5) is 8.73. The Hall–Kier alpha value is -2.27. The quantitative estimate of drug-likeness (QED) is 0.244. The molecule has 0 N–H and O–H groups in total. The van der Waals surface area contributed by atoms with Gasteiger partial charge in [0.1, 0.15) is 28.2 Å². The Morgan fingerprint density at radius 3 is 2.61 bits per heavy atom. The van der Waals surface area contributed by atoms with Crippen LogP contribution in [-0.4, -0.2) is 32.9 Å². The number of hydrogen-bond donors (Lipinski definition) is 0. The Morgan fingerprint density at radius 1 is 1.16 bits per heavy atom. The highest BCUT2D eigenvalue weighted by Crippen LogP contribution is 2.36. The molecule has 0 amide bonds. The van der Waals surface area contributed by atoms with Crippen LogP contribution < -0.4 is 0 Å². The molecule has 1 aromatic carbocycles. The van der Waals surface area contributed by atoms with Crippen molar-refractivity contribution in [1.29, 1.82) is 0 Å². The molecule has 1 aliphatic heterocycles. The molecule has 0 saturated carbocycles. The van der Waals surface area contributed by atoms with Crippen molar-refractivity contribution in [2.24, 2.45) is 0 Å². The van der Waals surface area contributed by atoms with Crippen LogP contribution in [0.25, 0.3) is 22.8 Å². The van der Waals surface area contributed by atoms with Gasteiger partial charge >= 0.3 is 0 Å².